The number of hydrogen-bond acceptors (Lipinski definition) is 6. The molecule has 1 rings (SSSR count). The van der Waals surface area contributed by atoms with E-state index in [9.17, 15) is 20.2 Å². The Morgan fingerprint density at radius 2 is 2.24 bits per heavy atom. The topological polar surface area (TPSA) is 114 Å². The number of hydrogen-bond donors (Lipinski definition) is 4. The van der Waals surface area contributed by atoms with Gasteiger partial charge in [0.1, 0.15) is 0 Å². The molecule has 7 nitrogen and oxygen atoms in total. The fourth-order valence-electron chi connectivity index (χ4n) is 1.32. The maximum absolute atomic E-state index is 11.0. The van der Waals surface area contributed by atoms with Gasteiger partial charge in [0, 0.05) is 12.5 Å². The van der Waals surface area contributed by atoms with Gasteiger partial charge in [-0.3, -0.25) is 0 Å². The number of phenolic OH excluding ortho intramolecular Hbond substituents is 1. The predicted molar refractivity (Wildman–Crippen MR) is 55.6 cm³/mol. The lowest BCUT2D eigenvalue weighted by molar-refractivity contribution is -0.991. The van der Waals surface area contributed by atoms with Crippen LogP contribution in [-0.2, 0) is 16.0 Å². The number of aliphatic hydroxyl groups is 1. The molecule has 0 aliphatic rings. The number of methoxy groups -OCH3 is 1. The Labute approximate surface area is 97.0 Å². The van der Waals surface area contributed by atoms with Crippen LogP contribution in [0.4, 0.5) is 5.69 Å². The summed E-state index contributed by atoms with van der Waals surface area (Å²) in [6.45, 7) is 0. The summed E-state index contributed by atoms with van der Waals surface area (Å²) in [6.07, 6.45) is -1.43. The summed E-state index contributed by atoms with van der Waals surface area (Å²) in [7, 11) is 1.14. The van der Waals surface area contributed by atoms with Gasteiger partial charge in [-0.05, 0) is 11.6 Å². The summed E-state index contributed by atoms with van der Waals surface area (Å²) in [5.74, 6) is -1.16. The predicted octanol–water partition coefficient (Wildman–Crippen LogP) is -1.13. The first-order valence-electron chi connectivity index (χ1n) is 4.76. The molecule has 0 aromatic heterocycles. The zero-order valence-corrected chi connectivity index (χ0v) is 9.08. The lowest BCUT2D eigenvalue weighted by atomic mass is 10.1. The van der Waals surface area contributed by atoms with Crippen molar-refractivity contribution in [3.63, 3.8) is 0 Å². The van der Waals surface area contributed by atoms with E-state index in [1.165, 1.54) is 18.2 Å². The average molecular weight is 243 g/mol. The molecule has 0 saturated carbocycles. The van der Waals surface area contributed by atoms with Gasteiger partial charge >= 0.3 is 5.97 Å². The van der Waals surface area contributed by atoms with Crippen molar-refractivity contribution in [3.8, 4) is 5.75 Å². The van der Waals surface area contributed by atoms with E-state index in [0.29, 0.717) is 5.56 Å². The van der Waals surface area contributed by atoms with Crippen LogP contribution in [0.1, 0.15) is 5.56 Å². The summed E-state index contributed by atoms with van der Waals surface area (Å²) >= 11 is 0. The minimum Gasteiger partial charge on any atom is -0.595 e. The van der Waals surface area contributed by atoms with Crippen LogP contribution in [0.2, 0.25) is 0 Å². The standard InChI is InChI=1S/C10H13NO6/c1-17-10(14)9(13)5-6-2-3-8(12)7(4-6)11(15)16/h2-4,9,11-13,15H,5H2,1H3. The number of aromatic hydroxyl groups is 1. The highest BCUT2D eigenvalue weighted by Gasteiger charge is 2.17. The molecule has 0 spiro atoms. The normalized spacial score (nSPS) is 14.1. The summed E-state index contributed by atoms with van der Waals surface area (Å²) in [6, 6.07) is 3.82. The fourth-order valence-corrected chi connectivity index (χ4v) is 1.32. The van der Waals surface area contributed by atoms with Crippen LogP contribution >= 0.6 is 0 Å². The van der Waals surface area contributed by atoms with Crippen molar-refractivity contribution in [1.82, 2.24) is 0 Å². The Morgan fingerprint density at radius 1 is 1.59 bits per heavy atom. The number of carbonyl (C=O) groups is 1. The quantitative estimate of drug-likeness (QED) is 0.302. The van der Waals surface area contributed by atoms with Gasteiger partial charge in [0.05, 0.1) is 7.11 Å². The van der Waals surface area contributed by atoms with Crippen LogP contribution in [0.15, 0.2) is 18.2 Å². The van der Waals surface area contributed by atoms with Crippen molar-refractivity contribution in [2.24, 2.45) is 0 Å². The first-order valence-corrected chi connectivity index (χ1v) is 4.76. The molecule has 4 N–H and O–H groups in total. The van der Waals surface area contributed by atoms with Crippen LogP contribution in [0, 0.1) is 5.21 Å². The Morgan fingerprint density at radius 3 is 2.76 bits per heavy atom. The number of phenols is 1. The number of benzene rings is 1. The fraction of sp³-hybridized carbons (Fsp3) is 0.300. The first-order chi connectivity index (χ1) is 7.95. The maximum Gasteiger partial charge on any atom is 0.335 e. The van der Waals surface area contributed by atoms with E-state index in [-0.39, 0.29) is 17.9 Å². The second-order valence-corrected chi connectivity index (χ2v) is 3.40. The van der Waals surface area contributed by atoms with E-state index < -0.39 is 17.3 Å². The number of aliphatic hydroxyl groups excluding tert-OH is 1. The van der Waals surface area contributed by atoms with Crippen LogP contribution in [0.3, 0.4) is 0 Å². The summed E-state index contributed by atoms with van der Waals surface area (Å²) in [5.41, 5.74) is 0.137. The molecule has 0 aliphatic heterocycles. The third-order valence-corrected chi connectivity index (χ3v) is 2.19. The van der Waals surface area contributed by atoms with Crippen LogP contribution in [-0.4, -0.2) is 34.6 Å². The molecule has 0 heterocycles. The van der Waals surface area contributed by atoms with Crippen molar-refractivity contribution >= 4 is 11.7 Å². The number of esters is 1. The summed E-state index contributed by atoms with van der Waals surface area (Å²) < 4.78 is 4.33. The minimum atomic E-state index is -1.36. The van der Waals surface area contributed by atoms with Gasteiger partial charge in [-0.2, -0.15) is 5.23 Å². The van der Waals surface area contributed by atoms with Crippen molar-refractivity contribution in [3.05, 3.63) is 29.0 Å². The molecule has 0 bridgehead atoms. The van der Waals surface area contributed by atoms with Gasteiger partial charge in [-0.15, -0.1) is 0 Å². The number of quaternary nitrogens is 1. The second-order valence-electron chi connectivity index (χ2n) is 3.40. The molecule has 2 unspecified atom stereocenters. The number of ether oxygens (including phenoxy) is 1. The van der Waals surface area contributed by atoms with E-state index in [4.69, 9.17) is 5.21 Å². The molecule has 17 heavy (non-hydrogen) atoms. The van der Waals surface area contributed by atoms with Gasteiger partial charge in [0.25, 0.3) is 0 Å². The molecular formula is C10H13NO6. The van der Waals surface area contributed by atoms with Gasteiger partial charge in [0.15, 0.2) is 11.9 Å². The zero-order chi connectivity index (χ0) is 13.0. The zero-order valence-electron chi connectivity index (χ0n) is 9.08. The van der Waals surface area contributed by atoms with E-state index in [1.807, 2.05) is 0 Å². The molecule has 94 valence electrons. The highest BCUT2D eigenvalue weighted by Crippen LogP contribution is 2.21. The third kappa shape index (κ3) is 3.40. The molecule has 1 aromatic carbocycles. The van der Waals surface area contributed by atoms with Crippen molar-refractivity contribution in [2.45, 2.75) is 12.5 Å². The Balaban J connectivity index is 2.86. The van der Waals surface area contributed by atoms with Crippen LogP contribution in [0.25, 0.3) is 0 Å². The third-order valence-electron chi connectivity index (χ3n) is 2.19. The van der Waals surface area contributed by atoms with Crippen LogP contribution in [0.5, 0.6) is 5.75 Å². The van der Waals surface area contributed by atoms with Gasteiger partial charge in [-0.1, -0.05) is 6.07 Å². The van der Waals surface area contributed by atoms with E-state index in [1.54, 1.807) is 0 Å². The summed E-state index contributed by atoms with van der Waals surface area (Å²) in [4.78, 5) is 11.0. The van der Waals surface area contributed by atoms with Crippen molar-refractivity contribution in [2.75, 3.05) is 7.11 Å². The molecule has 7 heteroatoms. The minimum absolute atomic E-state index is 0.0762. The van der Waals surface area contributed by atoms with E-state index in [2.05, 4.69) is 4.74 Å². The molecule has 2 atom stereocenters. The molecular weight excluding hydrogens is 230 g/mol. The smallest absolute Gasteiger partial charge is 0.335 e. The van der Waals surface area contributed by atoms with Crippen LogP contribution < -0.4 is 5.23 Å². The molecule has 1 aromatic rings. The Bertz CT molecular complexity index is 406. The van der Waals surface area contributed by atoms with E-state index in [0.717, 1.165) is 7.11 Å². The average Bonchev–Trinajstić information content (AvgIpc) is 2.30. The van der Waals surface area contributed by atoms with Gasteiger partial charge in [-0.25, -0.2) is 10.0 Å². The molecule has 0 saturated heterocycles. The SMILES string of the molecule is COC(=O)C(O)Cc1ccc(O)c([NH+]([O-])O)c1. The number of nitrogens with one attached hydrogen (secondary N) is 1. The highest BCUT2D eigenvalue weighted by molar-refractivity contribution is 5.74. The maximum atomic E-state index is 11.0. The largest absolute Gasteiger partial charge is 0.595 e. The number of rotatable bonds is 4. The number of carbonyl (C=O) groups excluding carboxylic acids is 1. The first kappa shape index (κ1) is 13.4. The molecule has 0 amide bonds. The summed E-state index contributed by atoms with van der Waals surface area (Å²) in [5, 5.41) is 36.9. The molecule has 0 radical (unpaired) electrons. The van der Waals surface area contributed by atoms with Crippen molar-refractivity contribution in [1.29, 1.82) is 0 Å². The molecule has 0 fully saturated rings. The Hall–Kier alpha value is -1.67. The van der Waals surface area contributed by atoms with Gasteiger partial charge in [0.2, 0.25) is 5.69 Å². The van der Waals surface area contributed by atoms with E-state index >= 15 is 0 Å². The Kier molecular flexibility index (Phi) is 4.41. The highest BCUT2D eigenvalue weighted by atomic mass is 16.8. The lowest BCUT2D eigenvalue weighted by Crippen LogP contribution is -2.99. The lowest BCUT2D eigenvalue weighted by Gasteiger charge is -2.14. The van der Waals surface area contributed by atoms with Crippen molar-refractivity contribution < 1.29 is 30.2 Å². The monoisotopic (exact) mass is 243 g/mol. The molecule has 0 aliphatic carbocycles. The van der Waals surface area contributed by atoms with Gasteiger partial charge < -0.3 is 20.2 Å². The second kappa shape index (κ2) is 5.60.